The molecule has 0 aromatic heterocycles. The Hall–Kier alpha value is -1.59. The number of hydrogen-bond acceptors (Lipinski definition) is 6. The summed E-state index contributed by atoms with van der Waals surface area (Å²) in [6.45, 7) is 6.66. The summed E-state index contributed by atoms with van der Waals surface area (Å²) in [7, 11) is 0. The lowest BCUT2D eigenvalue weighted by molar-refractivity contribution is -0.167. The molecular weight excluding hydrogens is 685 g/mol. The lowest BCUT2D eigenvalue weighted by Crippen LogP contribution is -2.30. The van der Waals surface area contributed by atoms with Gasteiger partial charge in [-0.15, -0.1) is 0 Å². The first-order valence-electron chi connectivity index (χ1n) is 24.5. The molecule has 0 N–H and O–H groups in total. The average Bonchev–Trinajstić information content (AvgIpc) is 3.18. The molecule has 0 aliphatic heterocycles. The molecule has 6 nitrogen and oxygen atoms in total. The van der Waals surface area contributed by atoms with Crippen molar-refractivity contribution in [1.82, 2.24) is 0 Å². The fourth-order valence-electron chi connectivity index (χ4n) is 7.38. The SMILES string of the molecule is CCCCCCCCCCCCCCCCCC(=O)OC[C@@H](COC(=O)CCCCCCCCCCCCC)OC(=O)CCCCCCCCCCCCC. The topological polar surface area (TPSA) is 78.9 Å². The van der Waals surface area contributed by atoms with E-state index in [0.29, 0.717) is 19.3 Å². The minimum atomic E-state index is -0.758. The van der Waals surface area contributed by atoms with Crippen LogP contribution >= 0.6 is 0 Å². The average molecular weight is 779 g/mol. The van der Waals surface area contributed by atoms with Crippen LogP contribution in [0.5, 0.6) is 0 Å². The highest BCUT2D eigenvalue weighted by molar-refractivity contribution is 5.71. The number of esters is 3. The summed E-state index contributed by atoms with van der Waals surface area (Å²) in [6, 6.07) is 0. The van der Waals surface area contributed by atoms with Crippen molar-refractivity contribution >= 4 is 17.9 Å². The van der Waals surface area contributed by atoms with Crippen molar-refractivity contribution in [3.63, 3.8) is 0 Å². The van der Waals surface area contributed by atoms with Crippen molar-refractivity contribution in [1.29, 1.82) is 0 Å². The standard InChI is InChI=1S/C49H94O6/c1-4-7-10-13-16-19-22-23-24-25-28-30-33-36-39-42-48(51)54-45-46(55-49(52)43-40-37-34-31-27-21-18-15-12-9-6-3)44-53-47(50)41-38-35-32-29-26-20-17-14-11-8-5-2/h46H,4-45H2,1-3H3/t46-/m1/s1. The first-order valence-corrected chi connectivity index (χ1v) is 24.5. The summed E-state index contributed by atoms with van der Waals surface area (Å²) in [5, 5.41) is 0. The van der Waals surface area contributed by atoms with Crippen molar-refractivity contribution in [3.05, 3.63) is 0 Å². The fraction of sp³-hybridized carbons (Fsp3) is 0.939. The van der Waals surface area contributed by atoms with Crippen LogP contribution < -0.4 is 0 Å². The van der Waals surface area contributed by atoms with E-state index in [1.54, 1.807) is 0 Å². The maximum Gasteiger partial charge on any atom is 0.306 e. The van der Waals surface area contributed by atoms with Gasteiger partial charge in [-0.25, -0.2) is 0 Å². The highest BCUT2D eigenvalue weighted by Gasteiger charge is 2.19. The number of hydrogen-bond donors (Lipinski definition) is 0. The molecule has 326 valence electrons. The molecule has 0 bridgehead atoms. The van der Waals surface area contributed by atoms with E-state index < -0.39 is 6.10 Å². The Morgan fingerprint density at radius 1 is 0.291 bits per heavy atom. The smallest absolute Gasteiger partial charge is 0.306 e. The molecule has 1 atom stereocenters. The Morgan fingerprint density at radius 2 is 0.491 bits per heavy atom. The third-order valence-corrected chi connectivity index (χ3v) is 11.1. The second-order valence-electron chi connectivity index (χ2n) is 16.7. The van der Waals surface area contributed by atoms with Crippen molar-refractivity contribution in [3.8, 4) is 0 Å². The summed E-state index contributed by atoms with van der Waals surface area (Å²) in [6.07, 6.45) is 46.5. The van der Waals surface area contributed by atoms with Crippen LogP contribution in [0.15, 0.2) is 0 Å². The molecule has 0 rings (SSSR count). The third kappa shape index (κ3) is 43.4. The molecule has 0 radical (unpaired) electrons. The van der Waals surface area contributed by atoms with Gasteiger partial charge >= 0.3 is 17.9 Å². The Kier molecular flexibility index (Phi) is 43.8. The largest absolute Gasteiger partial charge is 0.462 e. The van der Waals surface area contributed by atoms with Crippen molar-refractivity contribution in [2.24, 2.45) is 0 Å². The van der Waals surface area contributed by atoms with Gasteiger partial charge in [0.25, 0.3) is 0 Å². The predicted molar refractivity (Wildman–Crippen MR) is 233 cm³/mol. The van der Waals surface area contributed by atoms with Crippen LogP contribution in [0.3, 0.4) is 0 Å². The predicted octanol–water partition coefficient (Wildman–Crippen LogP) is 15.6. The summed E-state index contributed by atoms with van der Waals surface area (Å²) in [4.78, 5) is 37.8. The van der Waals surface area contributed by atoms with E-state index in [9.17, 15) is 14.4 Å². The highest BCUT2D eigenvalue weighted by atomic mass is 16.6. The summed E-state index contributed by atoms with van der Waals surface area (Å²) in [5.74, 6) is -0.847. The molecule has 0 aromatic carbocycles. The maximum atomic E-state index is 12.7. The van der Waals surface area contributed by atoms with Crippen LogP contribution in [-0.4, -0.2) is 37.2 Å². The van der Waals surface area contributed by atoms with Gasteiger partial charge in [0.1, 0.15) is 13.2 Å². The van der Waals surface area contributed by atoms with Gasteiger partial charge in [0, 0.05) is 19.3 Å². The van der Waals surface area contributed by atoms with Gasteiger partial charge in [0.2, 0.25) is 0 Å². The minimum Gasteiger partial charge on any atom is -0.462 e. The Morgan fingerprint density at radius 3 is 0.727 bits per heavy atom. The van der Waals surface area contributed by atoms with Crippen LogP contribution in [0.25, 0.3) is 0 Å². The summed E-state index contributed by atoms with van der Waals surface area (Å²) < 4.78 is 16.7. The van der Waals surface area contributed by atoms with Crippen molar-refractivity contribution in [2.75, 3.05) is 13.2 Å². The Labute approximate surface area is 342 Å². The van der Waals surface area contributed by atoms with Crippen molar-refractivity contribution in [2.45, 2.75) is 284 Å². The van der Waals surface area contributed by atoms with E-state index >= 15 is 0 Å². The molecule has 0 saturated carbocycles. The number of ether oxygens (including phenoxy) is 3. The minimum absolute atomic E-state index is 0.0622. The van der Waals surface area contributed by atoms with E-state index in [2.05, 4.69) is 20.8 Å². The highest BCUT2D eigenvalue weighted by Crippen LogP contribution is 2.16. The molecule has 0 aliphatic rings. The molecule has 0 unspecified atom stereocenters. The molecule has 0 amide bonds. The molecule has 0 fully saturated rings. The van der Waals surface area contributed by atoms with Gasteiger partial charge in [0.05, 0.1) is 0 Å². The van der Waals surface area contributed by atoms with E-state index in [0.717, 1.165) is 57.8 Å². The first kappa shape index (κ1) is 53.4. The van der Waals surface area contributed by atoms with E-state index in [4.69, 9.17) is 14.2 Å². The van der Waals surface area contributed by atoms with Gasteiger partial charge in [-0.1, -0.05) is 239 Å². The van der Waals surface area contributed by atoms with Crippen LogP contribution in [0.2, 0.25) is 0 Å². The second kappa shape index (κ2) is 45.1. The van der Waals surface area contributed by atoms with Crippen LogP contribution in [0.4, 0.5) is 0 Å². The zero-order valence-corrected chi connectivity index (χ0v) is 37.2. The molecule has 6 heteroatoms. The first-order chi connectivity index (χ1) is 27.0. The monoisotopic (exact) mass is 779 g/mol. The number of carbonyl (C=O) groups is 3. The maximum absolute atomic E-state index is 12.7. The molecule has 0 heterocycles. The third-order valence-electron chi connectivity index (χ3n) is 11.1. The normalized spacial score (nSPS) is 11.8. The van der Waals surface area contributed by atoms with Gasteiger partial charge < -0.3 is 14.2 Å². The van der Waals surface area contributed by atoms with E-state index in [1.165, 1.54) is 180 Å². The van der Waals surface area contributed by atoms with Gasteiger partial charge in [-0.3, -0.25) is 14.4 Å². The van der Waals surface area contributed by atoms with Gasteiger partial charge in [0.15, 0.2) is 6.10 Å². The quantitative estimate of drug-likeness (QED) is 0.0348. The molecule has 0 saturated heterocycles. The Balaban J connectivity index is 4.28. The van der Waals surface area contributed by atoms with Crippen LogP contribution in [-0.2, 0) is 28.6 Å². The molecule has 55 heavy (non-hydrogen) atoms. The molecule has 0 aliphatic carbocycles. The van der Waals surface area contributed by atoms with E-state index in [1.807, 2.05) is 0 Å². The van der Waals surface area contributed by atoms with Crippen LogP contribution in [0.1, 0.15) is 278 Å². The van der Waals surface area contributed by atoms with Gasteiger partial charge in [-0.2, -0.15) is 0 Å². The zero-order valence-electron chi connectivity index (χ0n) is 37.2. The number of carbonyl (C=O) groups excluding carboxylic acids is 3. The lowest BCUT2D eigenvalue weighted by Gasteiger charge is -2.18. The Bertz CT molecular complexity index is 813. The zero-order chi connectivity index (χ0) is 40.1. The van der Waals surface area contributed by atoms with E-state index in [-0.39, 0.29) is 31.1 Å². The molecular formula is C49H94O6. The fourth-order valence-corrected chi connectivity index (χ4v) is 7.38. The van der Waals surface area contributed by atoms with Crippen molar-refractivity contribution < 1.29 is 28.6 Å². The molecule has 0 spiro atoms. The summed E-state index contributed by atoms with van der Waals surface area (Å²) in [5.41, 5.74) is 0. The second-order valence-corrected chi connectivity index (χ2v) is 16.7. The lowest BCUT2D eigenvalue weighted by atomic mass is 10.0. The van der Waals surface area contributed by atoms with Crippen LogP contribution in [0, 0.1) is 0 Å². The summed E-state index contributed by atoms with van der Waals surface area (Å²) >= 11 is 0. The number of rotatable bonds is 45. The number of unbranched alkanes of at least 4 members (excludes halogenated alkanes) is 34. The molecule has 0 aromatic rings. The van der Waals surface area contributed by atoms with Gasteiger partial charge in [-0.05, 0) is 19.3 Å².